The van der Waals surface area contributed by atoms with Crippen molar-refractivity contribution < 1.29 is 19.1 Å². The molecule has 0 aliphatic heterocycles. The molecule has 0 aliphatic carbocycles. The molecule has 25 heavy (non-hydrogen) atoms. The predicted octanol–water partition coefficient (Wildman–Crippen LogP) is 4.58. The Labute approximate surface area is 162 Å². The molecule has 0 saturated heterocycles. The molecule has 5 nitrogen and oxygen atoms in total. The second kappa shape index (κ2) is 10.5. The van der Waals surface area contributed by atoms with Crippen LogP contribution in [-0.2, 0) is 14.3 Å². The fourth-order valence-corrected chi connectivity index (χ4v) is 2.23. The molecular formula is C17H20Cl3NO4. The van der Waals surface area contributed by atoms with E-state index in [9.17, 15) is 9.59 Å². The number of methoxy groups -OCH3 is 1. The van der Waals surface area contributed by atoms with Crippen LogP contribution in [0.3, 0.4) is 0 Å². The monoisotopic (exact) mass is 407 g/mol. The molecular weight excluding hydrogens is 389 g/mol. The van der Waals surface area contributed by atoms with E-state index in [0.717, 1.165) is 5.56 Å². The second-order valence-electron chi connectivity index (χ2n) is 5.29. The van der Waals surface area contributed by atoms with Gasteiger partial charge in [0, 0.05) is 0 Å². The molecule has 1 aromatic rings. The zero-order valence-electron chi connectivity index (χ0n) is 13.9. The average molecular weight is 409 g/mol. The van der Waals surface area contributed by atoms with Gasteiger partial charge in [-0.1, -0.05) is 84.2 Å². The summed E-state index contributed by atoms with van der Waals surface area (Å²) in [6.07, 6.45) is 2.97. The van der Waals surface area contributed by atoms with Gasteiger partial charge in [0.25, 0.3) is 0 Å². The van der Waals surface area contributed by atoms with Gasteiger partial charge in [0.15, 0.2) is 0 Å². The predicted molar refractivity (Wildman–Crippen MR) is 98.9 cm³/mol. The van der Waals surface area contributed by atoms with Crippen LogP contribution in [-0.4, -0.2) is 29.6 Å². The number of alkyl carbamates (subject to hydrolysis) is 1. The maximum absolute atomic E-state index is 12.0. The largest absolute Gasteiger partial charge is 0.469 e. The van der Waals surface area contributed by atoms with Crippen molar-refractivity contribution in [2.24, 2.45) is 5.92 Å². The van der Waals surface area contributed by atoms with E-state index < -0.39 is 9.89 Å². The Balaban J connectivity index is 2.80. The first-order valence-electron chi connectivity index (χ1n) is 7.51. The van der Waals surface area contributed by atoms with Gasteiger partial charge in [0.05, 0.1) is 19.6 Å². The van der Waals surface area contributed by atoms with Crippen LogP contribution in [0.15, 0.2) is 42.5 Å². The van der Waals surface area contributed by atoms with Crippen LogP contribution in [0.4, 0.5) is 4.79 Å². The smallest absolute Gasteiger partial charge is 0.407 e. The zero-order chi connectivity index (χ0) is 18.9. The Morgan fingerprint density at radius 1 is 1.24 bits per heavy atom. The fraction of sp³-hybridized carbons (Fsp3) is 0.412. The van der Waals surface area contributed by atoms with Gasteiger partial charge in [-0.05, 0) is 11.5 Å². The highest BCUT2D eigenvalue weighted by atomic mass is 35.6. The van der Waals surface area contributed by atoms with Crippen LogP contribution in [0.25, 0.3) is 0 Å². The van der Waals surface area contributed by atoms with Crippen molar-refractivity contribution in [2.45, 2.75) is 23.2 Å². The number of hydrogen-bond acceptors (Lipinski definition) is 4. The van der Waals surface area contributed by atoms with Crippen molar-refractivity contribution in [3.8, 4) is 0 Å². The Morgan fingerprint density at radius 2 is 1.88 bits per heavy atom. The van der Waals surface area contributed by atoms with Crippen molar-refractivity contribution in [2.75, 3.05) is 13.7 Å². The van der Waals surface area contributed by atoms with E-state index in [2.05, 4.69) is 10.1 Å². The van der Waals surface area contributed by atoms with E-state index in [1.165, 1.54) is 7.11 Å². The lowest BCUT2D eigenvalue weighted by Gasteiger charge is -2.24. The molecule has 1 aromatic carbocycles. The van der Waals surface area contributed by atoms with Crippen molar-refractivity contribution in [1.29, 1.82) is 0 Å². The summed E-state index contributed by atoms with van der Waals surface area (Å²) in [7, 11) is 1.33. The minimum atomic E-state index is -1.67. The van der Waals surface area contributed by atoms with Gasteiger partial charge < -0.3 is 14.8 Å². The third kappa shape index (κ3) is 9.00. The number of rotatable bonds is 7. The molecule has 8 heteroatoms. The van der Waals surface area contributed by atoms with Gasteiger partial charge in [-0.3, -0.25) is 4.79 Å². The van der Waals surface area contributed by atoms with Gasteiger partial charge in [0.2, 0.25) is 3.79 Å². The molecule has 0 radical (unpaired) electrons. The van der Waals surface area contributed by atoms with Crippen LogP contribution in [0, 0.1) is 5.92 Å². The minimum Gasteiger partial charge on any atom is -0.469 e. The first-order chi connectivity index (χ1) is 11.7. The Morgan fingerprint density at radius 3 is 2.44 bits per heavy atom. The van der Waals surface area contributed by atoms with Crippen LogP contribution in [0.2, 0.25) is 0 Å². The highest BCUT2D eigenvalue weighted by Crippen LogP contribution is 2.27. The number of alkyl halides is 3. The van der Waals surface area contributed by atoms with Crippen molar-refractivity contribution >= 4 is 46.9 Å². The van der Waals surface area contributed by atoms with Crippen LogP contribution < -0.4 is 5.32 Å². The van der Waals surface area contributed by atoms with Crippen LogP contribution in [0.5, 0.6) is 0 Å². The number of amides is 1. The summed E-state index contributed by atoms with van der Waals surface area (Å²) in [5.74, 6) is -0.456. The number of nitrogens with one attached hydrogen (secondary N) is 1. The summed E-state index contributed by atoms with van der Waals surface area (Å²) in [5, 5.41) is 2.75. The third-order valence-corrected chi connectivity index (χ3v) is 3.60. The molecule has 0 saturated carbocycles. The minimum absolute atomic E-state index is 0.118. The number of ether oxygens (including phenoxy) is 2. The number of carbonyl (C=O) groups is 2. The van der Waals surface area contributed by atoms with Gasteiger partial charge >= 0.3 is 12.1 Å². The van der Waals surface area contributed by atoms with E-state index in [1.54, 1.807) is 6.08 Å². The number of benzene rings is 1. The lowest BCUT2D eigenvalue weighted by atomic mass is 9.94. The number of halogens is 3. The standard InChI is InChI=1S/C17H20Cl3NO4/c1-12(7-6-10-14(22)24-2)15(13-8-4-3-5-9-13)21-16(23)25-11-17(18,19)20/h3-9,12,15H,10-11H2,1-2H3,(H,21,23)/t12-,15+/m1/s1. The van der Waals surface area contributed by atoms with Crippen LogP contribution in [0.1, 0.15) is 24.9 Å². The molecule has 0 bridgehead atoms. The number of carbonyl (C=O) groups excluding carboxylic acids is 2. The normalized spacial score (nSPS) is 14.0. The fourth-order valence-electron chi connectivity index (χ4n) is 2.07. The number of hydrogen-bond donors (Lipinski definition) is 1. The highest BCUT2D eigenvalue weighted by Gasteiger charge is 2.25. The summed E-state index contributed by atoms with van der Waals surface area (Å²) in [4.78, 5) is 23.2. The maximum atomic E-state index is 12.0. The molecule has 2 atom stereocenters. The van der Waals surface area contributed by atoms with Crippen molar-refractivity contribution in [3.05, 3.63) is 48.0 Å². The van der Waals surface area contributed by atoms with Crippen molar-refractivity contribution in [3.63, 3.8) is 0 Å². The maximum Gasteiger partial charge on any atom is 0.407 e. The molecule has 0 fully saturated rings. The molecule has 0 aliphatic rings. The third-order valence-electron chi connectivity index (χ3n) is 3.28. The molecule has 0 aromatic heterocycles. The molecule has 1 rings (SSSR count). The van der Waals surface area contributed by atoms with Gasteiger partial charge in [-0.15, -0.1) is 0 Å². The van der Waals surface area contributed by atoms with Gasteiger partial charge in [-0.25, -0.2) is 4.79 Å². The average Bonchev–Trinajstić information content (AvgIpc) is 2.57. The number of esters is 1. The van der Waals surface area contributed by atoms with E-state index in [1.807, 2.05) is 43.3 Å². The molecule has 0 spiro atoms. The molecule has 1 N–H and O–H groups in total. The summed E-state index contributed by atoms with van der Waals surface area (Å²) in [5.41, 5.74) is 0.878. The lowest BCUT2D eigenvalue weighted by molar-refractivity contribution is -0.139. The molecule has 1 amide bonds. The zero-order valence-corrected chi connectivity index (χ0v) is 16.1. The highest BCUT2D eigenvalue weighted by molar-refractivity contribution is 6.67. The quantitative estimate of drug-likeness (QED) is 0.407. The first kappa shape index (κ1) is 21.6. The molecule has 138 valence electrons. The topological polar surface area (TPSA) is 64.6 Å². The van der Waals surface area contributed by atoms with E-state index >= 15 is 0 Å². The van der Waals surface area contributed by atoms with Crippen molar-refractivity contribution in [1.82, 2.24) is 5.32 Å². The second-order valence-corrected chi connectivity index (χ2v) is 7.81. The van der Waals surface area contributed by atoms with E-state index in [0.29, 0.717) is 0 Å². The first-order valence-corrected chi connectivity index (χ1v) is 8.64. The Kier molecular flexibility index (Phi) is 9.11. The summed E-state index contributed by atoms with van der Waals surface area (Å²) < 4.78 is 7.84. The lowest BCUT2D eigenvalue weighted by Crippen LogP contribution is -2.34. The van der Waals surface area contributed by atoms with E-state index in [-0.39, 0.29) is 31.0 Å². The Bertz CT molecular complexity index is 587. The van der Waals surface area contributed by atoms with E-state index in [4.69, 9.17) is 39.5 Å². The van der Waals surface area contributed by atoms with Gasteiger partial charge in [0.1, 0.15) is 6.61 Å². The SMILES string of the molecule is COC(=O)CC=C[C@@H](C)[C@H](NC(=O)OCC(Cl)(Cl)Cl)c1ccccc1. The summed E-state index contributed by atoms with van der Waals surface area (Å²) in [6, 6.07) is 8.98. The molecule has 0 unspecified atom stereocenters. The summed E-state index contributed by atoms with van der Waals surface area (Å²) >= 11 is 16.7. The molecule has 0 heterocycles. The van der Waals surface area contributed by atoms with Crippen LogP contribution >= 0.6 is 34.8 Å². The summed E-state index contributed by atoms with van der Waals surface area (Å²) in [6.45, 7) is 1.54. The van der Waals surface area contributed by atoms with Gasteiger partial charge in [-0.2, -0.15) is 0 Å². The Hall–Kier alpha value is -1.43.